The number of likely N-dealkylation sites (tertiary alicyclic amines) is 1. The van der Waals surface area contributed by atoms with Gasteiger partial charge in [0.2, 0.25) is 5.69 Å². The topological polar surface area (TPSA) is 91.8 Å². The lowest BCUT2D eigenvalue weighted by Crippen LogP contribution is -2.62. The highest BCUT2D eigenvalue weighted by atomic mass is 16.4. The maximum Gasteiger partial charge on any atom is 0.210 e. The Labute approximate surface area is 161 Å². The van der Waals surface area contributed by atoms with E-state index >= 15 is 0 Å². The minimum absolute atomic E-state index is 0.149. The summed E-state index contributed by atoms with van der Waals surface area (Å²) in [5.41, 5.74) is 2.37. The highest BCUT2D eigenvalue weighted by Gasteiger charge is 2.40. The zero-order valence-corrected chi connectivity index (χ0v) is 16.1. The Hall–Kier alpha value is -1.69. The number of β-amino-alcohol motifs (C(OH)–C–C–N with tert-alkyl or cyclic N) is 1. The van der Waals surface area contributed by atoms with Crippen LogP contribution in [-0.4, -0.2) is 75.9 Å². The Bertz CT molecular complexity index is 643. The van der Waals surface area contributed by atoms with E-state index in [4.69, 9.17) is 6.57 Å². The third kappa shape index (κ3) is 4.98. The summed E-state index contributed by atoms with van der Waals surface area (Å²) in [7, 11) is 0. The number of hydrogen-bond donors (Lipinski definition) is 4. The predicted octanol–water partition coefficient (Wildman–Crippen LogP) is 1.12. The zero-order chi connectivity index (χ0) is 20.0. The fourth-order valence-electron chi connectivity index (χ4n) is 3.71. The Balaban J connectivity index is 2.23. The molecule has 0 bridgehead atoms. The van der Waals surface area contributed by atoms with Gasteiger partial charge in [-0.05, 0) is 30.5 Å². The van der Waals surface area contributed by atoms with Gasteiger partial charge < -0.3 is 25.3 Å². The molecule has 0 aliphatic carbocycles. The lowest BCUT2D eigenvalue weighted by Gasteiger charge is -2.43. The lowest BCUT2D eigenvalue weighted by molar-refractivity contribution is -0.147. The number of nitrogens with zero attached hydrogens (tertiary/aromatic N) is 3. The normalized spacial score (nSPS) is 26.0. The molecule has 4 atom stereocenters. The van der Waals surface area contributed by atoms with Crippen LogP contribution in [0.2, 0.25) is 0 Å². The molecule has 0 unspecified atom stereocenters. The van der Waals surface area contributed by atoms with E-state index in [0.29, 0.717) is 12.2 Å². The second kappa shape index (κ2) is 10.0. The monoisotopic (exact) mass is 377 g/mol. The molecule has 4 N–H and O–H groups in total. The summed E-state index contributed by atoms with van der Waals surface area (Å²) in [6.07, 6.45) is -1.56. The van der Waals surface area contributed by atoms with Crippen LogP contribution in [-0.2, 0) is 6.54 Å². The van der Waals surface area contributed by atoms with Crippen LogP contribution >= 0.6 is 0 Å². The van der Waals surface area contributed by atoms with E-state index in [0.717, 1.165) is 37.2 Å². The molecule has 0 radical (unpaired) electrons. The van der Waals surface area contributed by atoms with Gasteiger partial charge in [-0.1, -0.05) is 19.9 Å². The maximum absolute atomic E-state index is 10.1. The average Bonchev–Trinajstić information content (AvgIpc) is 2.66. The van der Waals surface area contributed by atoms with Crippen LogP contribution in [0.5, 0.6) is 0 Å². The van der Waals surface area contributed by atoms with Crippen LogP contribution in [0.25, 0.3) is 4.85 Å². The van der Waals surface area contributed by atoms with Crippen molar-refractivity contribution in [3.05, 3.63) is 35.2 Å². The SMILES string of the molecule is [C-]#[N+]c1cc(CN2C[C@H](O)[C@@H](O)[C@@H](O)[C@@H]2CO)ccc1N(CCC)CCC. The van der Waals surface area contributed by atoms with Gasteiger partial charge in [-0.2, -0.15) is 0 Å². The summed E-state index contributed by atoms with van der Waals surface area (Å²) < 4.78 is 0. The maximum atomic E-state index is 10.1. The van der Waals surface area contributed by atoms with E-state index in [1.807, 2.05) is 18.2 Å². The lowest BCUT2D eigenvalue weighted by atomic mass is 9.93. The predicted molar refractivity (Wildman–Crippen MR) is 105 cm³/mol. The summed E-state index contributed by atoms with van der Waals surface area (Å²) in [4.78, 5) is 7.66. The van der Waals surface area contributed by atoms with Crippen molar-refractivity contribution >= 4 is 11.4 Å². The zero-order valence-electron chi connectivity index (χ0n) is 16.1. The molecule has 1 saturated heterocycles. The second-order valence-corrected chi connectivity index (χ2v) is 7.15. The molecule has 1 fully saturated rings. The van der Waals surface area contributed by atoms with Crippen LogP contribution in [0.4, 0.5) is 11.4 Å². The molecule has 1 aliphatic rings. The van der Waals surface area contributed by atoms with E-state index in [9.17, 15) is 20.4 Å². The van der Waals surface area contributed by atoms with E-state index in [1.165, 1.54) is 0 Å². The quantitative estimate of drug-likeness (QED) is 0.508. The molecule has 2 rings (SSSR count). The molecule has 0 saturated carbocycles. The van der Waals surface area contributed by atoms with Crippen molar-refractivity contribution in [2.75, 3.05) is 31.1 Å². The number of aliphatic hydroxyl groups excluding tert-OH is 4. The molecule has 1 aromatic carbocycles. The van der Waals surface area contributed by atoms with E-state index in [1.54, 1.807) is 4.90 Å². The minimum Gasteiger partial charge on any atom is -0.395 e. The van der Waals surface area contributed by atoms with Crippen molar-refractivity contribution in [2.24, 2.45) is 0 Å². The Morgan fingerprint density at radius 2 is 1.81 bits per heavy atom. The number of benzene rings is 1. The van der Waals surface area contributed by atoms with E-state index in [-0.39, 0.29) is 13.2 Å². The average molecular weight is 377 g/mol. The highest BCUT2D eigenvalue weighted by molar-refractivity contribution is 5.71. The number of hydrogen-bond acceptors (Lipinski definition) is 6. The van der Waals surface area contributed by atoms with Crippen LogP contribution in [0, 0.1) is 6.57 Å². The molecule has 0 aromatic heterocycles. The number of rotatable bonds is 8. The summed E-state index contributed by atoms with van der Waals surface area (Å²) in [5, 5.41) is 39.5. The van der Waals surface area contributed by atoms with Crippen molar-refractivity contribution < 1.29 is 20.4 Å². The van der Waals surface area contributed by atoms with Gasteiger partial charge in [-0.25, -0.2) is 4.85 Å². The molecule has 0 amide bonds. The first-order valence-corrected chi connectivity index (χ1v) is 9.61. The molecule has 27 heavy (non-hydrogen) atoms. The van der Waals surface area contributed by atoms with Crippen LogP contribution in [0.15, 0.2) is 18.2 Å². The highest BCUT2D eigenvalue weighted by Crippen LogP contribution is 2.31. The molecule has 1 aromatic rings. The molecule has 1 aliphatic heterocycles. The van der Waals surface area contributed by atoms with Gasteiger partial charge >= 0.3 is 0 Å². The van der Waals surface area contributed by atoms with Gasteiger partial charge in [0.1, 0.15) is 12.2 Å². The summed E-state index contributed by atoms with van der Waals surface area (Å²) in [6, 6.07) is 5.07. The van der Waals surface area contributed by atoms with Crippen LogP contribution < -0.4 is 4.90 Å². The summed E-state index contributed by atoms with van der Waals surface area (Å²) in [5.74, 6) is 0. The van der Waals surface area contributed by atoms with Gasteiger partial charge in [0.25, 0.3) is 0 Å². The van der Waals surface area contributed by atoms with Crippen molar-refractivity contribution in [3.8, 4) is 0 Å². The van der Waals surface area contributed by atoms with Gasteiger partial charge in [-0.3, -0.25) is 4.90 Å². The molecule has 7 heteroatoms. The molecule has 0 spiro atoms. The van der Waals surface area contributed by atoms with Crippen LogP contribution in [0.3, 0.4) is 0 Å². The van der Waals surface area contributed by atoms with Crippen molar-refractivity contribution in [1.29, 1.82) is 0 Å². The van der Waals surface area contributed by atoms with Crippen molar-refractivity contribution in [1.82, 2.24) is 4.90 Å². The number of aliphatic hydroxyl groups is 4. The Morgan fingerprint density at radius 1 is 1.15 bits per heavy atom. The van der Waals surface area contributed by atoms with Gasteiger partial charge in [0.15, 0.2) is 0 Å². The van der Waals surface area contributed by atoms with Crippen molar-refractivity contribution in [2.45, 2.75) is 57.6 Å². The molecule has 150 valence electrons. The third-order valence-corrected chi connectivity index (χ3v) is 5.09. The first kappa shape index (κ1) is 21.6. The molecule has 7 nitrogen and oxygen atoms in total. The van der Waals surface area contributed by atoms with Gasteiger partial charge in [0, 0.05) is 31.9 Å². The van der Waals surface area contributed by atoms with E-state index < -0.39 is 24.4 Å². The molecule has 1 heterocycles. The Morgan fingerprint density at radius 3 is 2.37 bits per heavy atom. The third-order valence-electron chi connectivity index (χ3n) is 5.09. The smallest absolute Gasteiger partial charge is 0.210 e. The van der Waals surface area contributed by atoms with Crippen LogP contribution in [0.1, 0.15) is 32.3 Å². The van der Waals surface area contributed by atoms with Crippen molar-refractivity contribution in [3.63, 3.8) is 0 Å². The largest absolute Gasteiger partial charge is 0.395 e. The molecular weight excluding hydrogens is 346 g/mol. The molecular formula is C20H31N3O4. The first-order chi connectivity index (χ1) is 13.0. The van der Waals surface area contributed by atoms with E-state index in [2.05, 4.69) is 23.6 Å². The first-order valence-electron chi connectivity index (χ1n) is 9.61. The Kier molecular flexibility index (Phi) is 8.02. The summed E-state index contributed by atoms with van der Waals surface area (Å²) in [6.45, 7) is 13.8. The van der Waals surface area contributed by atoms with Gasteiger partial charge in [0.05, 0.1) is 25.3 Å². The summed E-state index contributed by atoms with van der Waals surface area (Å²) >= 11 is 0. The number of anilines is 1. The second-order valence-electron chi connectivity index (χ2n) is 7.15. The number of piperidine rings is 1. The minimum atomic E-state index is -1.27. The fraction of sp³-hybridized carbons (Fsp3) is 0.650. The standard InChI is InChI=1S/C20H31N3O4/c1-4-8-22(9-5-2)16-7-6-14(10-15(16)21-3)11-23-12-18(25)20(27)19(26)17(23)13-24/h6-7,10,17-20,24-27H,4-5,8-9,11-13H2,1-2H3/t17-,18-,19-,20+/m0/s1. The van der Waals surface area contributed by atoms with Gasteiger partial charge in [-0.15, -0.1) is 0 Å². The fourth-order valence-corrected chi connectivity index (χ4v) is 3.71.